The number of Topliss-reactive ketones (excluding diaryl/α,β-unsaturated/α-hetero) is 1. The number of amides is 3. The minimum atomic E-state index is -0.778. The number of rotatable bonds is 29. The van der Waals surface area contributed by atoms with E-state index in [1.54, 1.807) is 4.90 Å². The van der Waals surface area contributed by atoms with Gasteiger partial charge in [-0.1, -0.05) is 148 Å². The molecule has 0 bridgehead atoms. The normalized spacial score (nSPS) is 11.4. The Morgan fingerprint density at radius 1 is 0.563 bits per heavy atom. The summed E-state index contributed by atoms with van der Waals surface area (Å²) in [4.78, 5) is 77.1. The molecular formula is C63H84Br2Cl2N11O8Pt-. The predicted molar refractivity (Wildman–Crippen MR) is 331 cm³/mol. The molecule has 0 fully saturated rings. The van der Waals surface area contributed by atoms with E-state index in [0.29, 0.717) is 83.4 Å². The number of carboxylic acid groups (broad SMARTS) is 2. The smallest absolute Gasteiger partial charge is 0.693 e. The number of para-hydroxylation sites is 2. The van der Waals surface area contributed by atoms with Gasteiger partial charge in [-0.25, -0.2) is 4.68 Å². The summed E-state index contributed by atoms with van der Waals surface area (Å²) in [5.74, 6) is -1.37. The molecule has 0 saturated heterocycles. The predicted octanol–water partition coefficient (Wildman–Crippen LogP) is 8.63. The van der Waals surface area contributed by atoms with E-state index >= 15 is 0 Å². The maximum Gasteiger partial charge on any atom is -0.693 e. The number of halogens is 4. The van der Waals surface area contributed by atoms with E-state index < -0.39 is 28.4 Å². The third-order valence-corrected chi connectivity index (χ3v) is 14.8. The molecule has 478 valence electrons. The number of aliphatic carboxylic acids is 2. The van der Waals surface area contributed by atoms with Gasteiger partial charge in [0.1, 0.15) is 18.0 Å². The van der Waals surface area contributed by atoms with E-state index in [1.807, 2.05) is 99.2 Å². The van der Waals surface area contributed by atoms with Gasteiger partial charge < -0.3 is 71.6 Å². The number of nitrogens with two attached hydrogens (primary N) is 2. The van der Waals surface area contributed by atoms with Crippen molar-refractivity contribution < 1.29 is 94.1 Å². The van der Waals surface area contributed by atoms with Gasteiger partial charge >= 0.3 is 47.3 Å². The number of aromatic amines is 1. The Morgan fingerprint density at radius 3 is 1.62 bits per heavy atom. The zero-order valence-corrected chi connectivity index (χ0v) is 56.7. The molecule has 2 aliphatic heterocycles. The van der Waals surface area contributed by atoms with Crippen molar-refractivity contribution in [3.05, 3.63) is 120 Å². The standard InChI is InChI=1S/C32H40N4O4.C31H39N5O4.2BrH.2ClH.2H2N.Pt/c1-2-3-4-6-15-25(37)16-13-20-29(38)35-23-24-14-8-9-17-26(24)32-31(27-18-10-11-19-28(27)35)33-34-36(32)22-12-5-7-21-30(39)40;1-2-3-4-6-17-27(37)32-20-19-28(38)35-22-23-13-8-9-14-24(23)31-30(25-15-10-11-16-26(25)35)33-34-36(31)21-12-5-7-18-29(39)40;;;;;;;/h8-11,14,17-19H,2-7,12-13,15-16,20-23H2,1H3,(H,39,40);8-11,13-16H,2-7,12,17-22H2,1H3,(H,32,37)(H,39,40);4*1H;2*1H2;/q;;;;;;2*-1;+4/p-3. The van der Waals surface area contributed by atoms with Crippen LogP contribution in [-0.2, 0) is 71.4 Å². The van der Waals surface area contributed by atoms with Crippen LogP contribution < -0.4 is 53.8 Å². The van der Waals surface area contributed by atoms with Gasteiger partial charge in [-0.15, -0.1) is 5.10 Å². The number of carboxylic acids is 2. The molecule has 0 spiro atoms. The first-order valence-corrected chi connectivity index (χ1v) is 35.0. The summed E-state index contributed by atoms with van der Waals surface area (Å²) in [6, 6.07) is 31.7. The molecule has 4 aromatic carbocycles. The van der Waals surface area contributed by atoms with E-state index in [9.17, 15) is 28.8 Å². The number of fused-ring (bicyclic) bond motifs is 10. The van der Waals surface area contributed by atoms with E-state index in [1.165, 1.54) is 0 Å². The minimum Gasteiger partial charge on any atom is -0.693 e. The van der Waals surface area contributed by atoms with Gasteiger partial charge in [0.25, 0.3) is 5.69 Å². The van der Waals surface area contributed by atoms with Crippen LogP contribution in [0.15, 0.2) is 97.1 Å². The Labute approximate surface area is 549 Å². The molecule has 24 heteroatoms. The second kappa shape index (κ2) is 42.3. The molecule has 6 aromatic rings. The Bertz CT molecular complexity index is 2900. The molecule has 2 aliphatic rings. The van der Waals surface area contributed by atoms with Crippen molar-refractivity contribution in [1.29, 1.82) is 0 Å². The summed E-state index contributed by atoms with van der Waals surface area (Å²) >= 11 is -0.472. The number of aromatic nitrogens is 6. The van der Waals surface area contributed by atoms with Crippen molar-refractivity contribution in [3.63, 3.8) is 0 Å². The third-order valence-electron chi connectivity index (χ3n) is 14.8. The third kappa shape index (κ3) is 23.7. The second-order valence-corrected chi connectivity index (χ2v) is 24.2. The number of hydrogen-bond acceptors (Lipinski definition) is 9. The number of benzene rings is 4. The summed E-state index contributed by atoms with van der Waals surface area (Å²) in [6.45, 7) is 6.73. The number of nitrogens with zero attached hydrogens (tertiary/aromatic N) is 7. The fraction of sp³-hybridized carbons (Fsp3) is 0.460. The van der Waals surface area contributed by atoms with Gasteiger partial charge in [-0.05, 0) is 80.7 Å². The van der Waals surface area contributed by atoms with Crippen LogP contribution in [0, 0.1) is 0 Å². The molecule has 8 rings (SSSR count). The molecule has 0 unspecified atom stereocenters. The van der Waals surface area contributed by atoms with Crippen molar-refractivity contribution in [2.75, 3.05) is 16.3 Å². The molecule has 87 heavy (non-hydrogen) atoms. The molecule has 4 heterocycles. The van der Waals surface area contributed by atoms with Crippen LogP contribution in [0.25, 0.3) is 57.3 Å². The fourth-order valence-electron chi connectivity index (χ4n) is 10.6. The number of H-pyrrole nitrogens is 1. The van der Waals surface area contributed by atoms with Crippen LogP contribution in [0.1, 0.15) is 166 Å². The van der Waals surface area contributed by atoms with E-state index in [2.05, 4.69) is 46.8 Å². The summed E-state index contributed by atoms with van der Waals surface area (Å²) < 4.78 is 3.94. The zero-order valence-electron chi connectivity index (χ0n) is 49.8. The van der Waals surface area contributed by atoms with Gasteiger partial charge in [-0.2, -0.15) is 4.68 Å². The van der Waals surface area contributed by atoms with Crippen LogP contribution >= 0.6 is 18.8 Å². The molecule has 0 radical (unpaired) electrons. The van der Waals surface area contributed by atoms with Gasteiger partial charge in [0.05, 0.1) is 35.7 Å². The van der Waals surface area contributed by atoms with Crippen LogP contribution in [0.3, 0.4) is 0 Å². The van der Waals surface area contributed by atoms with Crippen molar-refractivity contribution in [3.8, 4) is 45.0 Å². The van der Waals surface area contributed by atoms with E-state index in [4.69, 9.17) is 34.1 Å². The quantitative estimate of drug-likeness (QED) is 0.0254. The first-order valence-electron chi connectivity index (χ1n) is 29.3. The summed E-state index contributed by atoms with van der Waals surface area (Å²) in [7, 11) is 9.75. The van der Waals surface area contributed by atoms with Crippen LogP contribution in [0.5, 0.6) is 0 Å². The van der Waals surface area contributed by atoms with Crippen molar-refractivity contribution >= 4 is 65.7 Å². The zero-order chi connectivity index (χ0) is 59.3. The molecule has 0 aliphatic carbocycles. The summed E-state index contributed by atoms with van der Waals surface area (Å²) in [6.07, 6.45) is 16.0. The Morgan fingerprint density at radius 2 is 1.03 bits per heavy atom. The first-order chi connectivity index (χ1) is 40.4. The molecule has 3 amide bonds. The average Bonchev–Trinajstić information content (AvgIpc) is 1.80. The Balaban J connectivity index is 0.000000544. The molecule has 8 N–H and O–H groups in total. The largest absolute Gasteiger partial charge is 0.693 e. The number of anilines is 2. The second-order valence-electron chi connectivity index (χ2n) is 20.9. The van der Waals surface area contributed by atoms with Gasteiger partial charge in [0.2, 0.25) is 23.4 Å². The van der Waals surface area contributed by atoms with Gasteiger partial charge in [0, 0.05) is 79.8 Å². The first kappa shape index (κ1) is 77.4. The summed E-state index contributed by atoms with van der Waals surface area (Å²) in [5.41, 5.74) is 10.7. The Kier molecular flexibility index (Phi) is 37.6. The number of carbonyl (C=O) groups excluding carboxylic acids is 4. The molecule has 2 aromatic heterocycles. The van der Waals surface area contributed by atoms with Crippen molar-refractivity contribution in [1.82, 2.24) is 30.6 Å². The van der Waals surface area contributed by atoms with Gasteiger partial charge in [0.15, 0.2) is 0 Å². The number of aryl methyl sites for hydroxylation is 2. The SMILES string of the molecule is CCCCCCC(=O)CCCC(=O)N1Cc2ccccc2-c2c(n[nH][n+]2CCCCCC(=O)O)-c2ccccc21.CCCCCCC(=O)NCCC(=O)N1Cc2ccccc2-c2c(nnn2CCCCCC(=O)O)-c2ccccc21.[Br-].[Br-].[Cl][Pt+2][Cl].[NH2-].[NH2-]. The van der Waals surface area contributed by atoms with Crippen molar-refractivity contribution in [2.45, 2.75) is 181 Å². The minimum absolute atomic E-state index is 0. The fourth-order valence-corrected chi connectivity index (χ4v) is 10.6. The molecule has 0 atom stereocenters. The monoisotopic (exact) mass is 1550 g/mol. The van der Waals surface area contributed by atoms with Crippen molar-refractivity contribution in [2.24, 2.45) is 0 Å². The number of nitrogens with one attached hydrogen (secondary N) is 2. The average molecular weight is 1550 g/mol. The number of unbranched alkanes of at least 4 members (excludes halogenated alkanes) is 10. The maximum atomic E-state index is 13.6. The number of ketones is 1. The van der Waals surface area contributed by atoms with E-state index in [-0.39, 0.29) is 89.0 Å². The molecule has 0 saturated carbocycles. The van der Waals surface area contributed by atoms with E-state index in [0.717, 1.165) is 139 Å². The topological polar surface area (TPSA) is 292 Å². The summed E-state index contributed by atoms with van der Waals surface area (Å²) in [5, 5.41) is 37.7. The van der Waals surface area contributed by atoms with Crippen LogP contribution in [0.2, 0.25) is 0 Å². The molecule has 19 nitrogen and oxygen atoms in total. The number of carbonyl (C=O) groups is 6. The van der Waals surface area contributed by atoms with Crippen LogP contribution in [-0.4, -0.2) is 77.5 Å². The van der Waals surface area contributed by atoms with Gasteiger partial charge in [-0.3, -0.25) is 28.8 Å². The Hall–Kier alpha value is -5.67. The number of hydrogen-bond donors (Lipinski definition) is 4. The van der Waals surface area contributed by atoms with Crippen LogP contribution in [0.4, 0.5) is 11.4 Å². The molecular weight excluding hydrogens is 1460 g/mol. The maximum absolute atomic E-state index is 13.6.